The molecule has 1 unspecified atom stereocenters. The fourth-order valence-electron chi connectivity index (χ4n) is 3.30. The molecule has 0 bridgehead atoms. The van der Waals surface area contributed by atoms with Crippen molar-refractivity contribution < 1.29 is 19.0 Å². The number of carbonyl (C=O) groups is 1. The van der Waals surface area contributed by atoms with Crippen LogP contribution in [0.2, 0.25) is 0 Å². The van der Waals surface area contributed by atoms with Crippen LogP contribution in [0.25, 0.3) is 11.0 Å². The van der Waals surface area contributed by atoms with Crippen LogP contribution in [0, 0.1) is 12.7 Å². The van der Waals surface area contributed by atoms with Crippen LogP contribution in [-0.2, 0) is 12.1 Å². The lowest BCUT2D eigenvalue weighted by Crippen LogP contribution is -2.54. The quantitative estimate of drug-likeness (QED) is 0.751. The number of aryl methyl sites for hydroxylation is 1. The van der Waals surface area contributed by atoms with Gasteiger partial charge in [0.15, 0.2) is 0 Å². The molecule has 7 heteroatoms. The molecule has 0 radical (unpaired) electrons. The second kappa shape index (κ2) is 5.47. The van der Waals surface area contributed by atoms with Gasteiger partial charge >= 0.3 is 6.09 Å². The monoisotopic (exact) mass is 341 g/mol. The van der Waals surface area contributed by atoms with Crippen LogP contribution < -0.4 is 10.1 Å². The van der Waals surface area contributed by atoms with Crippen LogP contribution in [0.4, 0.5) is 9.18 Å². The Bertz CT molecular complexity index is 985. The van der Waals surface area contributed by atoms with Gasteiger partial charge in [0, 0.05) is 0 Å². The van der Waals surface area contributed by atoms with E-state index >= 15 is 0 Å². The largest absolute Gasteiger partial charge is 0.465 e. The molecule has 1 aliphatic rings. The number of halogens is 1. The first-order valence-electron chi connectivity index (χ1n) is 7.84. The number of benzene rings is 2. The van der Waals surface area contributed by atoms with Gasteiger partial charge in [0.25, 0.3) is 6.01 Å². The number of amides is 1. The minimum absolute atomic E-state index is 0.0328. The SMILES string of the molecule is Cc1ccc2c(c1)nc1n2CC(NC(=O)O)(c2cccc(F)c2)CO1. The highest BCUT2D eigenvalue weighted by Crippen LogP contribution is 2.34. The van der Waals surface area contributed by atoms with Crippen molar-refractivity contribution in [2.24, 2.45) is 0 Å². The van der Waals surface area contributed by atoms with Crippen molar-refractivity contribution in [1.82, 2.24) is 14.9 Å². The molecular weight excluding hydrogens is 325 g/mol. The first-order valence-corrected chi connectivity index (χ1v) is 7.84. The second-order valence-electron chi connectivity index (χ2n) is 6.28. The highest BCUT2D eigenvalue weighted by molar-refractivity contribution is 5.78. The summed E-state index contributed by atoms with van der Waals surface area (Å²) in [5.74, 6) is -0.430. The van der Waals surface area contributed by atoms with E-state index in [1.165, 1.54) is 12.1 Å². The summed E-state index contributed by atoms with van der Waals surface area (Å²) in [4.78, 5) is 15.9. The highest BCUT2D eigenvalue weighted by atomic mass is 19.1. The Morgan fingerprint density at radius 3 is 2.96 bits per heavy atom. The zero-order chi connectivity index (χ0) is 17.6. The zero-order valence-corrected chi connectivity index (χ0v) is 13.5. The van der Waals surface area contributed by atoms with E-state index in [1.54, 1.807) is 12.1 Å². The van der Waals surface area contributed by atoms with Crippen LogP contribution in [0.3, 0.4) is 0 Å². The van der Waals surface area contributed by atoms with E-state index in [0.29, 0.717) is 11.6 Å². The molecule has 2 heterocycles. The Balaban J connectivity index is 1.85. The number of aromatic nitrogens is 2. The molecule has 0 saturated heterocycles. The molecule has 25 heavy (non-hydrogen) atoms. The Kier molecular flexibility index (Phi) is 3.38. The number of hydrogen-bond acceptors (Lipinski definition) is 3. The van der Waals surface area contributed by atoms with Crippen molar-refractivity contribution in [3.8, 4) is 6.01 Å². The van der Waals surface area contributed by atoms with E-state index in [-0.39, 0.29) is 13.2 Å². The van der Waals surface area contributed by atoms with Crippen molar-refractivity contribution >= 4 is 17.1 Å². The smallest absolute Gasteiger partial charge is 0.405 e. The molecule has 2 N–H and O–H groups in total. The standard InChI is InChI=1S/C18H16FN3O3/c1-11-5-6-15-14(7-11)20-16-22(15)9-18(10-25-16,21-17(23)24)12-3-2-4-13(19)8-12/h2-8,21H,9-10H2,1H3,(H,23,24). The molecule has 1 aliphatic heterocycles. The summed E-state index contributed by atoms with van der Waals surface area (Å²) < 4.78 is 21.3. The Morgan fingerprint density at radius 2 is 2.20 bits per heavy atom. The average Bonchev–Trinajstić information content (AvgIpc) is 2.90. The molecule has 0 fully saturated rings. The fraction of sp³-hybridized carbons (Fsp3) is 0.222. The number of hydrogen-bond donors (Lipinski definition) is 2. The summed E-state index contributed by atoms with van der Waals surface area (Å²) in [6.45, 7) is 2.27. The van der Waals surface area contributed by atoms with Gasteiger partial charge in [-0.15, -0.1) is 0 Å². The number of rotatable bonds is 2. The van der Waals surface area contributed by atoms with E-state index in [1.807, 2.05) is 29.7 Å². The lowest BCUT2D eigenvalue weighted by atomic mass is 9.89. The van der Waals surface area contributed by atoms with Crippen LogP contribution in [0.15, 0.2) is 42.5 Å². The van der Waals surface area contributed by atoms with Crippen molar-refractivity contribution in [3.63, 3.8) is 0 Å². The number of nitrogens with zero attached hydrogens (tertiary/aromatic N) is 2. The molecule has 2 aromatic carbocycles. The van der Waals surface area contributed by atoms with Crippen LogP contribution >= 0.6 is 0 Å². The lowest BCUT2D eigenvalue weighted by molar-refractivity contribution is 0.101. The average molecular weight is 341 g/mol. The third kappa shape index (κ3) is 2.57. The topological polar surface area (TPSA) is 76.4 Å². The van der Waals surface area contributed by atoms with E-state index < -0.39 is 17.4 Å². The van der Waals surface area contributed by atoms with Crippen molar-refractivity contribution in [3.05, 3.63) is 59.4 Å². The zero-order valence-electron chi connectivity index (χ0n) is 13.5. The van der Waals surface area contributed by atoms with E-state index in [2.05, 4.69) is 10.3 Å². The summed E-state index contributed by atoms with van der Waals surface area (Å²) >= 11 is 0. The molecule has 0 saturated carbocycles. The Labute approximate surface area is 142 Å². The molecule has 4 rings (SSSR count). The maximum absolute atomic E-state index is 13.7. The van der Waals surface area contributed by atoms with Crippen LogP contribution in [0.5, 0.6) is 6.01 Å². The highest BCUT2D eigenvalue weighted by Gasteiger charge is 2.41. The molecule has 1 aromatic heterocycles. The van der Waals surface area contributed by atoms with Crippen molar-refractivity contribution in [2.45, 2.75) is 19.0 Å². The van der Waals surface area contributed by atoms with Crippen molar-refractivity contribution in [2.75, 3.05) is 6.61 Å². The molecule has 6 nitrogen and oxygen atoms in total. The van der Waals surface area contributed by atoms with Gasteiger partial charge in [-0.1, -0.05) is 18.2 Å². The van der Waals surface area contributed by atoms with Crippen molar-refractivity contribution in [1.29, 1.82) is 0 Å². The molecule has 0 aliphatic carbocycles. The summed E-state index contributed by atoms with van der Waals surface area (Å²) in [6.07, 6.45) is -1.20. The predicted molar refractivity (Wildman–Crippen MR) is 89.2 cm³/mol. The summed E-state index contributed by atoms with van der Waals surface area (Å²) in [7, 11) is 0. The summed E-state index contributed by atoms with van der Waals surface area (Å²) in [5.41, 5.74) is 2.10. The normalized spacial score (nSPS) is 19.3. The van der Waals surface area contributed by atoms with Gasteiger partial charge < -0.3 is 15.2 Å². The summed E-state index contributed by atoms with van der Waals surface area (Å²) in [5, 5.41) is 11.8. The fourth-order valence-corrected chi connectivity index (χ4v) is 3.30. The van der Waals surface area contributed by atoms with E-state index in [9.17, 15) is 14.3 Å². The third-order valence-corrected chi connectivity index (χ3v) is 4.47. The first-order chi connectivity index (χ1) is 12.0. The number of imidazole rings is 1. The maximum Gasteiger partial charge on any atom is 0.405 e. The number of nitrogens with one attached hydrogen (secondary N) is 1. The Morgan fingerprint density at radius 1 is 1.36 bits per heavy atom. The van der Waals surface area contributed by atoms with Gasteiger partial charge in [0.1, 0.15) is 18.0 Å². The van der Waals surface area contributed by atoms with Gasteiger partial charge in [0.2, 0.25) is 0 Å². The van der Waals surface area contributed by atoms with E-state index in [0.717, 1.165) is 16.6 Å². The maximum atomic E-state index is 13.7. The number of fused-ring (bicyclic) bond motifs is 3. The van der Waals surface area contributed by atoms with Crippen LogP contribution in [-0.4, -0.2) is 27.4 Å². The first kappa shape index (κ1) is 15.4. The minimum atomic E-state index is -1.20. The van der Waals surface area contributed by atoms with E-state index in [4.69, 9.17) is 4.74 Å². The van der Waals surface area contributed by atoms with Gasteiger partial charge in [-0.2, -0.15) is 4.98 Å². The molecule has 128 valence electrons. The molecule has 1 amide bonds. The molecule has 1 atom stereocenters. The van der Waals surface area contributed by atoms with Gasteiger partial charge in [0.05, 0.1) is 17.6 Å². The molecular formula is C18H16FN3O3. The van der Waals surface area contributed by atoms with Gasteiger partial charge in [-0.25, -0.2) is 9.18 Å². The predicted octanol–water partition coefficient (Wildman–Crippen LogP) is 3.04. The van der Waals surface area contributed by atoms with Gasteiger partial charge in [-0.3, -0.25) is 4.57 Å². The minimum Gasteiger partial charge on any atom is -0.465 e. The lowest BCUT2D eigenvalue weighted by Gasteiger charge is -2.37. The van der Waals surface area contributed by atoms with Crippen LogP contribution in [0.1, 0.15) is 11.1 Å². The third-order valence-electron chi connectivity index (χ3n) is 4.47. The Hall–Kier alpha value is -3.09. The van der Waals surface area contributed by atoms with Gasteiger partial charge in [-0.05, 0) is 42.3 Å². The second-order valence-corrected chi connectivity index (χ2v) is 6.28. The molecule has 0 spiro atoms. The molecule has 3 aromatic rings. The number of ether oxygens (including phenoxy) is 1. The number of carboxylic acid groups (broad SMARTS) is 1. The summed E-state index contributed by atoms with van der Waals surface area (Å²) in [6, 6.07) is 12.2.